The van der Waals surface area contributed by atoms with Crippen LogP contribution < -0.4 is 9.47 Å². The predicted molar refractivity (Wildman–Crippen MR) is 127 cm³/mol. The molecule has 0 radical (unpaired) electrons. The van der Waals surface area contributed by atoms with Crippen molar-refractivity contribution < 1.29 is 9.47 Å². The minimum atomic E-state index is 0.622. The number of ether oxygens (including phenoxy) is 2. The predicted octanol–water partition coefficient (Wildman–Crippen LogP) is 6.04. The molecule has 5 rings (SSSR count). The van der Waals surface area contributed by atoms with Crippen molar-refractivity contribution in [2.75, 3.05) is 14.2 Å². The number of benzene rings is 3. The fourth-order valence-electron chi connectivity index (χ4n) is 4.42. The first-order valence-electron chi connectivity index (χ1n) is 10.3. The lowest BCUT2D eigenvalue weighted by molar-refractivity contribution is 0.416. The third kappa shape index (κ3) is 2.89. The maximum absolute atomic E-state index is 9.82. The highest BCUT2D eigenvalue weighted by Gasteiger charge is 2.21. The van der Waals surface area contributed by atoms with Gasteiger partial charge in [-0.15, -0.1) is 0 Å². The normalized spacial score (nSPS) is 10.9. The van der Waals surface area contributed by atoms with E-state index >= 15 is 0 Å². The van der Waals surface area contributed by atoms with Gasteiger partial charge in [0.05, 0.1) is 42.6 Å². The number of pyridine rings is 1. The molecule has 0 saturated carbocycles. The summed E-state index contributed by atoms with van der Waals surface area (Å²) in [6.07, 6.45) is 3.48. The number of nitriles is 1. The second kappa shape index (κ2) is 7.75. The highest BCUT2D eigenvalue weighted by atomic mass is 16.5. The molecule has 2 aromatic heterocycles. The SMILES string of the molecule is COc1cccc2c3cccc(OC)c3n(-c3cc(-c4ccncc4)c(C#N)cc3C)c12. The van der Waals surface area contributed by atoms with Crippen LogP contribution in [-0.2, 0) is 0 Å². The molecule has 0 bridgehead atoms. The smallest absolute Gasteiger partial charge is 0.143 e. The van der Waals surface area contributed by atoms with Crippen LogP contribution in [0.5, 0.6) is 11.5 Å². The van der Waals surface area contributed by atoms with Gasteiger partial charge < -0.3 is 14.0 Å². The number of rotatable bonds is 4. The molecule has 5 aromatic rings. The van der Waals surface area contributed by atoms with Crippen LogP contribution in [0.4, 0.5) is 0 Å². The molecule has 0 fully saturated rings. The number of fused-ring (bicyclic) bond motifs is 3. The molecule has 5 nitrogen and oxygen atoms in total. The molecule has 3 aromatic carbocycles. The van der Waals surface area contributed by atoms with E-state index < -0.39 is 0 Å². The van der Waals surface area contributed by atoms with Crippen molar-refractivity contribution in [1.82, 2.24) is 9.55 Å². The standard InChI is InChI=1S/C27H21N3O2/c1-17-14-19(16-28)22(18-10-12-29-13-11-18)15-23(17)30-26-20(6-4-8-24(26)31-2)21-7-5-9-25(32-3)27(21)30/h4-15H,1-3H3. The Morgan fingerprint density at radius 1 is 0.844 bits per heavy atom. The van der Waals surface area contributed by atoms with Crippen molar-refractivity contribution >= 4 is 21.8 Å². The minimum Gasteiger partial charge on any atom is -0.495 e. The number of aromatic nitrogens is 2. The van der Waals surface area contributed by atoms with Gasteiger partial charge in [0, 0.05) is 28.7 Å². The number of para-hydroxylation sites is 2. The number of aryl methyl sites for hydroxylation is 1. The van der Waals surface area contributed by atoms with Gasteiger partial charge in [0.15, 0.2) is 0 Å². The topological polar surface area (TPSA) is 60.1 Å². The quantitative estimate of drug-likeness (QED) is 0.356. The van der Waals surface area contributed by atoms with Crippen LogP contribution in [0.25, 0.3) is 38.6 Å². The highest BCUT2D eigenvalue weighted by Crippen LogP contribution is 2.42. The average molecular weight is 419 g/mol. The zero-order valence-electron chi connectivity index (χ0n) is 18.1. The molecule has 5 heteroatoms. The van der Waals surface area contributed by atoms with Gasteiger partial charge in [0.1, 0.15) is 11.5 Å². The van der Waals surface area contributed by atoms with Gasteiger partial charge in [-0.2, -0.15) is 5.26 Å². The van der Waals surface area contributed by atoms with Crippen LogP contribution in [0.1, 0.15) is 11.1 Å². The summed E-state index contributed by atoms with van der Waals surface area (Å²) in [5.41, 5.74) is 6.29. The molecule has 0 aliphatic heterocycles. The highest BCUT2D eigenvalue weighted by molar-refractivity contribution is 6.13. The zero-order chi connectivity index (χ0) is 22.2. The molecule has 0 spiro atoms. The first kappa shape index (κ1) is 19.7. The summed E-state index contributed by atoms with van der Waals surface area (Å²) in [4.78, 5) is 4.12. The van der Waals surface area contributed by atoms with E-state index in [2.05, 4.69) is 33.8 Å². The van der Waals surface area contributed by atoms with Crippen molar-refractivity contribution in [3.63, 3.8) is 0 Å². The summed E-state index contributed by atoms with van der Waals surface area (Å²) in [5, 5.41) is 12.0. The molecule has 32 heavy (non-hydrogen) atoms. The Bertz CT molecular complexity index is 1450. The van der Waals surface area contributed by atoms with Crippen molar-refractivity contribution in [2.45, 2.75) is 6.92 Å². The van der Waals surface area contributed by atoms with Crippen LogP contribution in [0, 0.1) is 18.3 Å². The largest absolute Gasteiger partial charge is 0.495 e. The molecule has 156 valence electrons. The lowest BCUT2D eigenvalue weighted by Crippen LogP contribution is -2.02. The van der Waals surface area contributed by atoms with E-state index in [4.69, 9.17) is 9.47 Å². The van der Waals surface area contributed by atoms with E-state index in [-0.39, 0.29) is 0 Å². The van der Waals surface area contributed by atoms with E-state index in [0.29, 0.717) is 5.56 Å². The minimum absolute atomic E-state index is 0.622. The Labute approximate surface area is 186 Å². The van der Waals surface area contributed by atoms with E-state index in [1.807, 2.05) is 49.4 Å². The van der Waals surface area contributed by atoms with Crippen LogP contribution >= 0.6 is 0 Å². The Hall–Kier alpha value is -4.30. The Kier molecular flexibility index (Phi) is 4.76. The van der Waals surface area contributed by atoms with Crippen LogP contribution in [0.2, 0.25) is 0 Å². The van der Waals surface area contributed by atoms with E-state index in [0.717, 1.165) is 55.7 Å². The van der Waals surface area contributed by atoms with Gasteiger partial charge in [-0.1, -0.05) is 24.3 Å². The summed E-state index contributed by atoms with van der Waals surface area (Å²) >= 11 is 0. The lowest BCUT2D eigenvalue weighted by Gasteiger charge is -2.17. The second-order valence-corrected chi connectivity index (χ2v) is 7.58. The Morgan fingerprint density at radius 3 is 1.97 bits per heavy atom. The monoisotopic (exact) mass is 419 g/mol. The van der Waals surface area contributed by atoms with Gasteiger partial charge >= 0.3 is 0 Å². The zero-order valence-corrected chi connectivity index (χ0v) is 18.1. The molecule has 0 N–H and O–H groups in total. The number of hydrogen-bond acceptors (Lipinski definition) is 4. The number of nitrogens with zero attached hydrogens (tertiary/aromatic N) is 3. The molecule has 0 atom stereocenters. The summed E-state index contributed by atoms with van der Waals surface area (Å²) in [7, 11) is 3.37. The fraction of sp³-hybridized carbons (Fsp3) is 0.111. The van der Waals surface area contributed by atoms with E-state index in [9.17, 15) is 5.26 Å². The first-order valence-corrected chi connectivity index (χ1v) is 10.3. The summed E-state index contributed by atoms with van der Waals surface area (Å²) in [6.45, 7) is 2.02. The lowest BCUT2D eigenvalue weighted by atomic mass is 9.97. The van der Waals surface area contributed by atoms with Crippen molar-refractivity contribution in [1.29, 1.82) is 5.26 Å². The third-order valence-electron chi connectivity index (χ3n) is 5.86. The Balaban J connectivity index is 1.96. The molecule has 2 heterocycles. The first-order chi connectivity index (χ1) is 15.7. The molecule has 0 aliphatic rings. The maximum Gasteiger partial charge on any atom is 0.143 e. The van der Waals surface area contributed by atoms with Crippen LogP contribution in [-0.4, -0.2) is 23.8 Å². The Morgan fingerprint density at radius 2 is 1.44 bits per heavy atom. The molecular weight excluding hydrogens is 398 g/mol. The molecule has 0 saturated heterocycles. The maximum atomic E-state index is 9.82. The average Bonchev–Trinajstić information content (AvgIpc) is 3.19. The van der Waals surface area contributed by atoms with Crippen LogP contribution in [0.15, 0.2) is 73.1 Å². The number of hydrogen-bond donors (Lipinski definition) is 0. The van der Waals surface area contributed by atoms with Crippen molar-refractivity contribution in [2.24, 2.45) is 0 Å². The molecule has 0 amide bonds. The van der Waals surface area contributed by atoms with Gasteiger partial charge in [0.2, 0.25) is 0 Å². The summed E-state index contributed by atoms with van der Waals surface area (Å²) in [5.74, 6) is 1.55. The van der Waals surface area contributed by atoms with Crippen molar-refractivity contribution in [3.8, 4) is 34.4 Å². The third-order valence-corrected chi connectivity index (χ3v) is 5.86. The van der Waals surface area contributed by atoms with Crippen LogP contribution in [0.3, 0.4) is 0 Å². The van der Waals surface area contributed by atoms with Gasteiger partial charge in [-0.05, 0) is 54.4 Å². The molecule has 0 unspecified atom stereocenters. The number of methoxy groups -OCH3 is 2. The van der Waals surface area contributed by atoms with Gasteiger partial charge in [-0.25, -0.2) is 0 Å². The summed E-state index contributed by atoms with van der Waals surface area (Å²) < 4.78 is 13.7. The molecular formula is C27H21N3O2. The fourth-order valence-corrected chi connectivity index (χ4v) is 4.42. The van der Waals surface area contributed by atoms with E-state index in [1.165, 1.54) is 0 Å². The van der Waals surface area contributed by atoms with Gasteiger partial charge in [0.25, 0.3) is 0 Å². The molecule has 0 aliphatic carbocycles. The van der Waals surface area contributed by atoms with Gasteiger partial charge in [-0.3, -0.25) is 4.98 Å². The van der Waals surface area contributed by atoms with E-state index in [1.54, 1.807) is 26.6 Å². The van der Waals surface area contributed by atoms with Crippen molar-refractivity contribution in [3.05, 3.63) is 84.2 Å². The second-order valence-electron chi connectivity index (χ2n) is 7.58. The summed E-state index contributed by atoms with van der Waals surface area (Å²) in [6, 6.07) is 22.3.